The first-order valence-electron chi connectivity index (χ1n) is 14.9. The molecule has 0 aromatic heterocycles. The molecule has 1 saturated carbocycles. The van der Waals surface area contributed by atoms with E-state index in [1.807, 2.05) is 72.8 Å². The highest BCUT2D eigenvalue weighted by Gasteiger charge is 2.45. The van der Waals surface area contributed by atoms with Gasteiger partial charge >= 0.3 is 0 Å². The zero-order valence-electron chi connectivity index (χ0n) is 24.8. The van der Waals surface area contributed by atoms with E-state index >= 15 is 0 Å². The maximum absolute atomic E-state index is 14.1. The molecule has 1 aliphatic heterocycles. The topological polar surface area (TPSA) is 117 Å². The quantitative estimate of drug-likeness (QED) is 0.272. The van der Waals surface area contributed by atoms with E-state index in [2.05, 4.69) is 10.0 Å². The fourth-order valence-corrected chi connectivity index (χ4v) is 7.29. The van der Waals surface area contributed by atoms with Crippen LogP contribution in [0.1, 0.15) is 43.2 Å². The van der Waals surface area contributed by atoms with Gasteiger partial charge in [0.2, 0.25) is 22.1 Å². The number of carbonyl (C=O) groups excluding carboxylic acids is 2. The number of anilines is 1. The summed E-state index contributed by atoms with van der Waals surface area (Å²) in [5.41, 5.74) is 1.32. The second kappa shape index (κ2) is 12.7. The number of benzene rings is 4. The molecule has 1 fully saturated rings. The van der Waals surface area contributed by atoms with Crippen LogP contribution in [0.5, 0.6) is 11.5 Å². The normalized spacial score (nSPS) is 17.9. The maximum Gasteiger partial charge on any atom is 0.272 e. The first-order valence-corrected chi connectivity index (χ1v) is 16.4. The molecule has 0 spiro atoms. The number of rotatable bonds is 8. The summed E-state index contributed by atoms with van der Waals surface area (Å²) in [6.07, 6.45) is 1.51. The van der Waals surface area contributed by atoms with Crippen molar-refractivity contribution in [2.75, 3.05) is 11.9 Å². The molecule has 0 saturated heterocycles. The summed E-state index contributed by atoms with van der Waals surface area (Å²) in [4.78, 5) is 34.1. The molecular weight excluding hydrogens is 588 g/mol. The van der Waals surface area contributed by atoms with E-state index in [0.717, 1.165) is 17.5 Å². The SMILES string of the molecule is CN1C(=O)C(NC(=O)C2(NS(=O)(=O)c3ccc(Oc4ccccc4)cc3)CCCCC2)N=C(c2ccccc2)c2ccccc21. The lowest BCUT2D eigenvalue weighted by Gasteiger charge is -2.37. The van der Waals surface area contributed by atoms with Crippen LogP contribution in [0.15, 0.2) is 119 Å². The Hall–Kier alpha value is -4.80. The van der Waals surface area contributed by atoms with E-state index in [0.29, 0.717) is 48.6 Å². The number of fused-ring (bicyclic) bond motifs is 1. The van der Waals surface area contributed by atoms with Crippen LogP contribution in [0.2, 0.25) is 0 Å². The largest absolute Gasteiger partial charge is 0.457 e. The second-order valence-electron chi connectivity index (χ2n) is 11.3. The second-order valence-corrected chi connectivity index (χ2v) is 13.0. The summed E-state index contributed by atoms with van der Waals surface area (Å²) in [7, 11) is -2.47. The van der Waals surface area contributed by atoms with E-state index in [1.165, 1.54) is 17.0 Å². The fourth-order valence-electron chi connectivity index (χ4n) is 5.86. The Bertz CT molecular complexity index is 1820. The van der Waals surface area contributed by atoms with Gasteiger partial charge in [0.05, 0.1) is 16.3 Å². The molecule has 2 N–H and O–H groups in total. The first kappa shape index (κ1) is 30.2. The number of likely N-dealkylation sites (N-methyl/N-ethyl adjacent to an activating group) is 1. The van der Waals surface area contributed by atoms with Crippen molar-refractivity contribution >= 4 is 33.2 Å². The molecule has 230 valence electrons. The van der Waals surface area contributed by atoms with Crippen molar-refractivity contribution in [3.63, 3.8) is 0 Å². The predicted molar refractivity (Wildman–Crippen MR) is 173 cm³/mol. The minimum atomic E-state index is -4.12. The Labute approximate surface area is 263 Å². The fraction of sp³-hybridized carbons (Fsp3) is 0.229. The summed E-state index contributed by atoms with van der Waals surface area (Å²) < 4.78 is 35.9. The first-order chi connectivity index (χ1) is 21.8. The van der Waals surface area contributed by atoms with Gasteiger partial charge in [-0.05, 0) is 55.3 Å². The molecule has 10 heteroatoms. The number of carbonyl (C=O) groups is 2. The average Bonchev–Trinajstić information content (AvgIpc) is 3.17. The van der Waals surface area contributed by atoms with Crippen LogP contribution in [0.25, 0.3) is 0 Å². The molecule has 4 aromatic rings. The monoisotopic (exact) mass is 622 g/mol. The molecule has 0 bridgehead atoms. The number of para-hydroxylation sites is 2. The lowest BCUT2D eigenvalue weighted by Crippen LogP contribution is -2.62. The van der Waals surface area contributed by atoms with Crippen molar-refractivity contribution in [1.82, 2.24) is 10.0 Å². The lowest BCUT2D eigenvalue weighted by atomic mass is 9.82. The van der Waals surface area contributed by atoms with E-state index in [-0.39, 0.29) is 4.90 Å². The third-order valence-electron chi connectivity index (χ3n) is 8.24. The van der Waals surface area contributed by atoms with Crippen molar-refractivity contribution in [3.05, 3.63) is 120 Å². The number of nitrogens with zero attached hydrogens (tertiary/aromatic N) is 2. The highest BCUT2D eigenvalue weighted by molar-refractivity contribution is 7.89. The van der Waals surface area contributed by atoms with Crippen molar-refractivity contribution in [3.8, 4) is 11.5 Å². The predicted octanol–water partition coefficient (Wildman–Crippen LogP) is 5.42. The molecule has 1 aliphatic carbocycles. The summed E-state index contributed by atoms with van der Waals surface area (Å²) >= 11 is 0. The highest BCUT2D eigenvalue weighted by Crippen LogP contribution is 2.32. The van der Waals surface area contributed by atoms with Gasteiger partial charge in [0, 0.05) is 18.2 Å². The van der Waals surface area contributed by atoms with Gasteiger partial charge in [0.25, 0.3) is 5.91 Å². The summed E-state index contributed by atoms with van der Waals surface area (Å²) in [6.45, 7) is 0. The van der Waals surface area contributed by atoms with Gasteiger partial charge in [0.15, 0.2) is 0 Å². The van der Waals surface area contributed by atoms with E-state index in [4.69, 9.17) is 9.73 Å². The van der Waals surface area contributed by atoms with Crippen LogP contribution in [0, 0.1) is 0 Å². The molecule has 2 aliphatic rings. The highest BCUT2D eigenvalue weighted by atomic mass is 32.2. The third-order valence-corrected chi connectivity index (χ3v) is 9.79. The zero-order valence-corrected chi connectivity index (χ0v) is 25.7. The Morgan fingerprint density at radius 2 is 1.42 bits per heavy atom. The molecule has 2 amide bonds. The molecule has 1 unspecified atom stereocenters. The summed E-state index contributed by atoms with van der Waals surface area (Å²) in [6, 6.07) is 32.1. The van der Waals surface area contributed by atoms with Crippen LogP contribution >= 0.6 is 0 Å². The third kappa shape index (κ3) is 6.38. The molecule has 45 heavy (non-hydrogen) atoms. The van der Waals surface area contributed by atoms with Crippen molar-refractivity contribution in [2.45, 2.75) is 48.7 Å². The van der Waals surface area contributed by atoms with E-state index in [9.17, 15) is 18.0 Å². The van der Waals surface area contributed by atoms with Gasteiger partial charge in [-0.2, -0.15) is 4.72 Å². The number of amides is 2. The summed E-state index contributed by atoms with van der Waals surface area (Å²) in [5, 5.41) is 2.83. The van der Waals surface area contributed by atoms with Crippen LogP contribution in [0.4, 0.5) is 5.69 Å². The lowest BCUT2D eigenvalue weighted by molar-refractivity contribution is -0.132. The van der Waals surface area contributed by atoms with Gasteiger partial charge in [-0.1, -0.05) is 86.0 Å². The van der Waals surface area contributed by atoms with Crippen LogP contribution < -0.4 is 19.7 Å². The number of benzodiazepines with no additional fused rings is 1. The van der Waals surface area contributed by atoms with Gasteiger partial charge in [-0.25, -0.2) is 13.4 Å². The van der Waals surface area contributed by atoms with Crippen LogP contribution in [0.3, 0.4) is 0 Å². The number of nitrogens with one attached hydrogen (secondary N) is 2. The van der Waals surface area contributed by atoms with Crippen LogP contribution in [-0.4, -0.2) is 44.7 Å². The van der Waals surface area contributed by atoms with Gasteiger partial charge in [-0.15, -0.1) is 0 Å². The smallest absolute Gasteiger partial charge is 0.272 e. The average molecular weight is 623 g/mol. The number of sulfonamides is 1. The van der Waals surface area contributed by atoms with E-state index < -0.39 is 33.5 Å². The zero-order chi connectivity index (χ0) is 31.4. The van der Waals surface area contributed by atoms with Gasteiger partial charge in [-0.3, -0.25) is 9.59 Å². The Morgan fingerprint density at radius 1 is 0.822 bits per heavy atom. The molecule has 6 rings (SSSR count). The van der Waals surface area contributed by atoms with E-state index in [1.54, 1.807) is 31.3 Å². The van der Waals surface area contributed by atoms with Crippen molar-refractivity contribution < 1.29 is 22.7 Å². The Morgan fingerprint density at radius 3 is 2.11 bits per heavy atom. The minimum Gasteiger partial charge on any atom is -0.457 e. The maximum atomic E-state index is 14.1. The van der Waals surface area contributed by atoms with Gasteiger partial charge < -0.3 is 15.0 Å². The standard InChI is InChI=1S/C35H34N4O5S/c1-39-30-18-10-9-17-29(30)31(25-13-5-2-6-14-25)36-32(33(39)40)37-34(41)35(23-11-4-12-24-35)38-45(42,43)28-21-19-27(20-22-28)44-26-15-7-3-8-16-26/h2-3,5-10,13-22,32,38H,4,11-12,23-24H2,1H3,(H,37,41). The van der Waals surface area contributed by atoms with Crippen molar-refractivity contribution in [1.29, 1.82) is 0 Å². The van der Waals surface area contributed by atoms with Crippen molar-refractivity contribution in [2.24, 2.45) is 4.99 Å². The number of hydrogen-bond acceptors (Lipinski definition) is 6. The summed E-state index contributed by atoms with van der Waals surface area (Å²) in [5.74, 6) is 0.103. The number of aliphatic imine (C=N–C) groups is 1. The molecule has 9 nitrogen and oxygen atoms in total. The minimum absolute atomic E-state index is 0.00534. The Kier molecular flexibility index (Phi) is 8.51. The molecule has 0 radical (unpaired) electrons. The molecular formula is C35H34N4O5S. The molecule has 4 aromatic carbocycles. The molecule has 1 heterocycles. The molecule has 1 atom stereocenters. The number of hydrogen-bond donors (Lipinski definition) is 2. The number of ether oxygens (including phenoxy) is 1. The Balaban J connectivity index is 1.28. The van der Waals surface area contributed by atoms with Crippen LogP contribution in [-0.2, 0) is 19.6 Å². The van der Waals surface area contributed by atoms with Gasteiger partial charge in [0.1, 0.15) is 17.0 Å².